The molecular weight excluding hydrogens is 355 g/mol. The second-order valence-corrected chi connectivity index (χ2v) is 6.54. The smallest absolute Gasteiger partial charge is 0.339 e. The van der Waals surface area contributed by atoms with Crippen molar-refractivity contribution in [3.63, 3.8) is 0 Å². The van der Waals surface area contributed by atoms with Gasteiger partial charge >= 0.3 is 6.18 Å². The molecule has 1 N–H and O–H groups in total. The van der Waals surface area contributed by atoms with Crippen LogP contribution in [0.25, 0.3) is 0 Å². The number of rotatable bonds is 3. The van der Waals surface area contributed by atoms with Gasteiger partial charge in [0.15, 0.2) is 5.82 Å². The SMILES string of the molecule is CC1CCN(c2nncc(Nc3cc(C(F)(F)F)ccc3Cl)n2)CC1. The lowest BCUT2D eigenvalue weighted by molar-refractivity contribution is -0.137. The van der Waals surface area contributed by atoms with E-state index >= 15 is 0 Å². The van der Waals surface area contributed by atoms with E-state index in [0.29, 0.717) is 17.7 Å². The Labute approximate surface area is 148 Å². The molecule has 25 heavy (non-hydrogen) atoms. The van der Waals surface area contributed by atoms with E-state index in [1.54, 1.807) is 0 Å². The van der Waals surface area contributed by atoms with Crippen LogP contribution in [-0.2, 0) is 6.18 Å². The predicted molar refractivity (Wildman–Crippen MR) is 90.2 cm³/mol. The first-order valence-corrected chi connectivity index (χ1v) is 8.29. The molecule has 0 aliphatic carbocycles. The molecule has 1 aromatic carbocycles. The minimum absolute atomic E-state index is 0.121. The molecule has 134 valence electrons. The van der Waals surface area contributed by atoms with Gasteiger partial charge < -0.3 is 10.2 Å². The summed E-state index contributed by atoms with van der Waals surface area (Å²) in [5.74, 6) is 1.42. The number of hydrogen-bond donors (Lipinski definition) is 1. The van der Waals surface area contributed by atoms with Gasteiger partial charge in [0, 0.05) is 13.1 Å². The molecule has 1 aromatic heterocycles. The van der Waals surface area contributed by atoms with E-state index in [1.807, 2.05) is 4.90 Å². The fourth-order valence-electron chi connectivity index (χ4n) is 2.63. The van der Waals surface area contributed by atoms with E-state index in [0.717, 1.165) is 38.1 Å². The Hall–Kier alpha value is -2.09. The summed E-state index contributed by atoms with van der Waals surface area (Å²) in [6.45, 7) is 3.86. The van der Waals surface area contributed by atoms with E-state index in [4.69, 9.17) is 11.6 Å². The van der Waals surface area contributed by atoms with Crippen molar-refractivity contribution in [3.8, 4) is 0 Å². The van der Waals surface area contributed by atoms with Crippen LogP contribution in [0, 0.1) is 5.92 Å². The quantitative estimate of drug-likeness (QED) is 0.859. The topological polar surface area (TPSA) is 53.9 Å². The summed E-state index contributed by atoms with van der Waals surface area (Å²) in [7, 11) is 0. The maximum atomic E-state index is 12.9. The van der Waals surface area contributed by atoms with Crippen LogP contribution in [0.5, 0.6) is 0 Å². The normalized spacial score (nSPS) is 16.1. The number of benzene rings is 1. The molecule has 1 saturated heterocycles. The third-order valence-electron chi connectivity index (χ3n) is 4.17. The van der Waals surface area contributed by atoms with Crippen molar-refractivity contribution in [2.24, 2.45) is 5.92 Å². The number of nitrogens with one attached hydrogen (secondary N) is 1. The molecule has 1 aliphatic rings. The number of aromatic nitrogens is 3. The molecule has 0 atom stereocenters. The molecule has 1 fully saturated rings. The second kappa shape index (κ2) is 7.03. The second-order valence-electron chi connectivity index (χ2n) is 6.13. The fraction of sp³-hybridized carbons (Fsp3) is 0.438. The van der Waals surface area contributed by atoms with E-state index in [-0.39, 0.29) is 10.7 Å². The Balaban J connectivity index is 1.81. The molecule has 0 saturated carbocycles. The Bertz CT molecular complexity index is 745. The largest absolute Gasteiger partial charge is 0.416 e. The fourth-order valence-corrected chi connectivity index (χ4v) is 2.80. The highest BCUT2D eigenvalue weighted by Crippen LogP contribution is 2.34. The zero-order valence-corrected chi connectivity index (χ0v) is 14.3. The first-order valence-electron chi connectivity index (χ1n) is 7.91. The van der Waals surface area contributed by atoms with Crippen molar-refractivity contribution in [2.45, 2.75) is 25.9 Å². The summed E-state index contributed by atoms with van der Waals surface area (Å²) in [4.78, 5) is 6.37. The van der Waals surface area contributed by atoms with Gasteiger partial charge in [-0.1, -0.05) is 18.5 Å². The van der Waals surface area contributed by atoms with Gasteiger partial charge in [-0.15, -0.1) is 5.10 Å². The monoisotopic (exact) mass is 371 g/mol. The highest BCUT2D eigenvalue weighted by atomic mass is 35.5. The first kappa shape index (κ1) is 17.7. The summed E-state index contributed by atoms with van der Waals surface area (Å²) in [5, 5.41) is 10.9. The zero-order valence-electron chi connectivity index (χ0n) is 13.5. The standard InChI is InChI=1S/C16H17ClF3N5/c1-10-4-6-25(7-5-10)15-23-14(9-21-24-15)22-13-8-11(16(18,19)20)2-3-12(13)17/h2-3,8-10H,4-7H2,1H3,(H,22,23,24). The lowest BCUT2D eigenvalue weighted by Crippen LogP contribution is -2.34. The third-order valence-corrected chi connectivity index (χ3v) is 4.50. The first-order chi connectivity index (χ1) is 11.8. The molecule has 0 bridgehead atoms. The van der Waals surface area contributed by atoms with Crippen LogP contribution in [0.1, 0.15) is 25.3 Å². The number of halogens is 4. The zero-order chi connectivity index (χ0) is 18.0. The van der Waals surface area contributed by atoms with Gasteiger partial charge in [-0.3, -0.25) is 0 Å². The van der Waals surface area contributed by atoms with Crippen molar-refractivity contribution < 1.29 is 13.2 Å². The van der Waals surface area contributed by atoms with Crippen LogP contribution < -0.4 is 10.2 Å². The lowest BCUT2D eigenvalue weighted by atomic mass is 10.00. The molecule has 0 radical (unpaired) electrons. The summed E-state index contributed by atoms with van der Waals surface area (Å²) in [6.07, 6.45) is -1.01. The van der Waals surface area contributed by atoms with Crippen LogP contribution in [0.3, 0.4) is 0 Å². The number of alkyl halides is 3. The van der Waals surface area contributed by atoms with E-state index < -0.39 is 11.7 Å². The Morgan fingerprint density at radius 1 is 1.24 bits per heavy atom. The van der Waals surface area contributed by atoms with Gasteiger partial charge in [-0.25, -0.2) is 0 Å². The van der Waals surface area contributed by atoms with Gasteiger partial charge in [-0.2, -0.15) is 23.3 Å². The number of hydrogen-bond acceptors (Lipinski definition) is 5. The van der Waals surface area contributed by atoms with Gasteiger partial charge in [0.05, 0.1) is 22.5 Å². The number of nitrogens with zero attached hydrogens (tertiary/aromatic N) is 4. The highest BCUT2D eigenvalue weighted by Gasteiger charge is 2.31. The molecule has 0 unspecified atom stereocenters. The average molecular weight is 372 g/mol. The van der Waals surface area contributed by atoms with Crippen molar-refractivity contribution in [2.75, 3.05) is 23.3 Å². The van der Waals surface area contributed by atoms with Crippen molar-refractivity contribution in [1.82, 2.24) is 15.2 Å². The number of anilines is 3. The lowest BCUT2D eigenvalue weighted by Gasteiger charge is -2.29. The molecule has 0 amide bonds. The summed E-state index contributed by atoms with van der Waals surface area (Å²) >= 11 is 6.00. The van der Waals surface area contributed by atoms with Crippen LogP contribution in [0.4, 0.5) is 30.6 Å². The molecule has 2 heterocycles. The molecule has 3 rings (SSSR count). The van der Waals surface area contributed by atoms with E-state index in [2.05, 4.69) is 27.4 Å². The maximum Gasteiger partial charge on any atom is 0.416 e. The molecule has 2 aromatic rings. The highest BCUT2D eigenvalue weighted by molar-refractivity contribution is 6.33. The summed E-state index contributed by atoms with van der Waals surface area (Å²) in [5.41, 5.74) is -0.665. The minimum atomic E-state index is -4.44. The van der Waals surface area contributed by atoms with Crippen LogP contribution in [0.15, 0.2) is 24.4 Å². The van der Waals surface area contributed by atoms with Gasteiger partial charge in [0.1, 0.15) is 0 Å². The van der Waals surface area contributed by atoms with Gasteiger partial charge in [0.2, 0.25) is 5.95 Å². The third kappa shape index (κ3) is 4.31. The van der Waals surface area contributed by atoms with E-state index in [1.165, 1.54) is 12.3 Å². The minimum Gasteiger partial charge on any atom is -0.339 e. The summed E-state index contributed by atoms with van der Waals surface area (Å²) < 4.78 is 38.6. The molecular formula is C16H17ClF3N5. The summed E-state index contributed by atoms with van der Waals surface area (Å²) in [6, 6.07) is 3.09. The van der Waals surface area contributed by atoms with Gasteiger partial charge in [-0.05, 0) is 37.0 Å². The predicted octanol–water partition coefficient (Wildman–Crippen LogP) is 4.52. The molecule has 5 nitrogen and oxygen atoms in total. The van der Waals surface area contributed by atoms with Crippen molar-refractivity contribution in [3.05, 3.63) is 35.0 Å². The molecule has 9 heteroatoms. The van der Waals surface area contributed by atoms with Crippen molar-refractivity contribution in [1.29, 1.82) is 0 Å². The Morgan fingerprint density at radius 2 is 1.96 bits per heavy atom. The average Bonchev–Trinajstić information content (AvgIpc) is 2.57. The van der Waals surface area contributed by atoms with E-state index in [9.17, 15) is 13.2 Å². The van der Waals surface area contributed by atoms with Crippen LogP contribution in [0.2, 0.25) is 5.02 Å². The molecule has 0 spiro atoms. The number of piperidine rings is 1. The van der Waals surface area contributed by atoms with Crippen LogP contribution in [-0.4, -0.2) is 28.3 Å². The van der Waals surface area contributed by atoms with Gasteiger partial charge in [0.25, 0.3) is 0 Å². The Kier molecular flexibility index (Phi) is 4.99. The maximum absolute atomic E-state index is 12.9. The van der Waals surface area contributed by atoms with Crippen LogP contribution >= 0.6 is 11.6 Å². The molecule has 1 aliphatic heterocycles. The van der Waals surface area contributed by atoms with Crippen molar-refractivity contribution >= 4 is 29.1 Å². The Morgan fingerprint density at radius 3 is 2.64 bits per heavy atom.